The lowest BCUT2D eigenvalue weighted by atomic mass is 10.2. The number of piperidine rings is 1. The van der Waals surface area contributed by atoms with Crippen LogP contribution in [0, 0.1) is 0 Å². The Hall–Kier alpha value is 0.210. The Bertz CT molecular complexity index is 63.4. The van der Waals surface area contributed by atoms with Gasteiger partial charge in [0.2, 0.25) is 0 Å². The van der Waals surface area contributed by atoms with Crippen LogP contribution in [0.25, 0.3) is 0 Å². The van der Waals surface area contributed by atoms with Crippen molar-refractivity contribution >= 4 is 11.9 Å². The molecule has 1 rings (SSSR count). The fourth-order valence-corrected chi connectivity index (χ4v) is 1.07. The minimum Gasteiger partial charge on any atom is -0.187 e. The van der Waals surface area contributed by atoms with Gasteiger partial charge in [-0.3, -0.25) is 0 Å². The van der Waals surface area contributed by atoms with Crippen LogP contribution >= 0.6 is 11.9 Å². The van der Waals surface area contributed by atoms with Crippen LogP contribution in [-0.2, 0) is 4.39 Å². The van der Waals surface area contributed by atoms with E-state index >= 15 is 0 Å². The minimum atomic E-state index is 0.990. The summed E-state index contributed by atoms with van der Waals surface area (Å²) in [5.74, 6) is 0. The molecule has 1 aliphatic rings. The van der Waals surface area contributed by atoms with Crippen molar-refractivity contribution in [1.82, 2.24) is 5.06 Å². The largest absolute Gasteiger partial charge is 0.187 e. The lowest BCUT2D eigenvalue weighted by Gasteiger charge is -2.20. The fourth-order valence-electron chi connectivity index (χ4n) is 0.934. The summed E-state index contributed by atoms with van der Waals surface area (Å²) in [7, 11) is 0. The molecule has 0 aromatic carbocycles. The average Bonchev–Trinajstić information content (AvgIpc) is 1.90. The molecule has 8 heavy (non-hydrogen) atoms. The molecule has 0 aliphatic carbocycles. The molecule has 2 nitrogen and oxygen atoms in total. The van der Waals surface area contributed by atoms with E-state index in [9.17, 15) is 0 Å². The highest BCUT2D eigenvalue weighted by molar-refractivity contribution is 6.07. The first-order chi connectivity index (χ1) is 3.93. The Balaban J connectivity index is 2.13. The molecule has 0 N–H and O–H groups in total. The van der Waals surface area contributed by atoms with Crippen molar-refractivity contribution in [3.8, 4) is 0 Å². The third-order valence-electron chi connectivity index (χ3n) is 1.41. The van der Waals surface area contributed by atoms with Crippen molar-refractivity contribution in [3.05, 3.63) is 0 Å². The van der Waals surface area contributed by atoms with E-state index in [4.69, 9.17) is 11.9 Å². The van der Waals surface area contributed by atoms with E-state index in [1.54, 1.807) is 5.06 Å². The van der Waals surface area contributed by atoms with Crippen LogP contribution in [0.2, 0.25) is 0 Å². The summed E-state index contributed by atoms with van der Waals surface area (Å²) in [5, 5.41) is 1.78. The van der Waals surface area contributed by atoms with E-state index < -0.39 is 0 Å². The minimum absolute atomic E-state index is 0.990. The molecule has 0 aromatic rings. The van der Waals surface area contributed by atoms with Gasteiger partial charge in [0.05, 0.1) is 11.9 Å². The van der Waals surface area contributed by atoms with Gasteiger partial charge in [-0.05, 0) is 12.8 Å². The van der Waals surface area contributed by atoms with Gasteiger partial charge in [-0.2, -0.15) is 9.45 Å². The normalized spacial score (nSPS) is 23.6. The Morgan fingerprint density at radius 3 is 2.12 bits per heavy atom. The highest BCUT2D eigenvalue weighted by atomic mass is 35.5. The van der Waals surface area contributed by atoms with Gasteiger partial charge in [0.15, 0.2) is 0 Å². The van der Waals surface area contributed by atoms with Crippen molar-refractivity contribution in [2.24, 2.45) is 0 Å². The zero-order valence-corrected chi connectivity index (χ0v) is 5.52. The Morgan fingerprint density at radius 2 is 1.75 bits per heavy atom. The van der Waals surface area contributed by atoms with Crippen LogP contribution in [0.5, 0.6) is 0 Å². The van der Waals surface area contributed by atoms with E-state index in [0.717, 1.165) is 13.1 Å². The van der Waals surface area contributed by atoms with Crippen molar-refractivity contribution < 1.29 is 4.39 Å². The summed E-state index contributed by atoms with van der Waals surface area (Å²) < 4.78 is 4.50. The van der Waals surface area contributed by atoms with Gasteiger partial charge < -0.3 is 0 Å². The van der Waals surface area contributed by atoms with Crippen LogP contribution < -0.4 is 0 Å². The molecule has 1 fully saturated rings. The van der Waals surface area contributed by atoms with E-state index in [2.05, 4.69) is 4.39 Å². The molecule has 1 saturated heterocycles. The molecule has 0 saturated carbocycles. The molecule has 48 valence electrons. The number of hydrogen-bond donors (Lipinski definition) is 0. The predicted molar refractivity (Wildman–Crippen MR) is 32.4 cm³/mol. The van der Waals surface area contributed by atoms with E-state index in [-0.39, 0.29) is 0 Å². The Kier molecular flexibility index (Phi) is 2.59. The lowest BCUT2D eigenvalue weighted by Crippen LogP contribution is -2.26. The highest BCUT2D eigenvalue weighted by Gasteiger charge is 2.08. The molecule has 1 heterocycles. The summed E-state index contributed by atoms with van der Waals surface area (Å²) >= 11 is 5.11. The monoisotopic (exact) mass is 135 g/mol. The first-order valence-corrected chi connectivity index (χ1v) is 3.28. The maximum Gasteiger partial charge on any atom is 0.0840 e. The van der Waals surface area contributed by atoms with Crippen LogP contribution in [0.3, 0.4) is 0 Å². The van der Waals surface area contributed by atoms with Gasteiger partial charge in [-0.1, -0.05) is 6.42 Å². The molecular weight excluding hydrogens is 126 g/mol. The van der Waals surface area contributed by atoms with Crippen molar-refractivity contribution in [2.45, 2.75) is 19.3 Å². The second-order valence-electron chi connectivity index (χ2n) is 2.06. The summed E-state index contributed by atoms with van der Waals surface area (Å²) in [5.41, 5.74) is 0. The molecule has 0 radical (unpaired) electrons. The summed E-state index contributed by atoms with van der Waals surface area (Å²) in [6.45, 7) is 1.98. The Labute approximate surface area is 54.5 Å². The number of halogens is 1. The maximum atomic E-state index is 5.11. The molecule has 1 aliphatic heterocycles. The maximum absolute atomic E-state index is 5.11. The second-order valence-corrected chi connectivity index (χ2v) is 2.20. The van der Waals surface area contributed by atoms with Crippen LogP contribution in [0.15, 0.2) is 0 Å². The van der Waals surface area contributed by atoms with E-state index in [1.807, 2.05) is 0 Å². The molecule has 0 atom stereocenters. The number of rotatable bonds is 1. The van der Waals surface area contributed by atoms with Crippen LogP contribution in [0.1, 0.15) is 19.3 Å². The first-order valence-electron chi connectivity index (χ1n) is 2.97. The third kappa shape index (κ3) is 1.62. The number of hydroxylamine groups is 2. The first kappa shape index (κ1) is 6.33. The zero-order valence-electron chi connectivity index (χ0n) is 4.77. The molecule has 0 aromatic heterocycles. The molecule has 0 bridgehead atoms. The van der Waals surface area contributed by atoms with Gasteiger partial charge in [-0.25, -0.2) is 0 Å². The van der Waals surface area contributed by atoms with Gasteiger partial charge >= 0.3 is 0 Å². The van der Waals surface area contributed by atoms with Crippen LogP contribution in [-0.4, -0.2) is 18.2 Å². The standard InChI is InChI=1S/C5H10ClNO/c6-8-7-4-2-1-3-5-7/h1-5H2. The Morgan fingerprint density at radius 1 is 1.12 bits per heavy atom. The second kappa shape index (κ2) is 3.28. The van der Waals surface area contributed by atoms with E-state index in [0.29, 0.717) is 0 Å². The highest BCUT2D eigenvalue weighted by Crippen LogP contribution is 2.08. The van der Waals surface area contributed by atoms with E-state index in [1.165, 1.54) is 19.3 Å². The average molecular weight is 136 g/mol. The predicted octanol–water partition coefficient (Wildman–Crippen LogP) is 1.56. The summed E-state index contributed by atoms with van der Waals surface area (Å²) in [6, 6.07) is 0. The van der Waals surface area contributed by atoms with Crippen molar-refractivity contribution in [1.29, 1.82) is 0 Å². The quantitative estimate of drug-likeness (QED) is 0.541. The summed E-state index contributed by atoms with van der Waals surface area (Å²) in [4.78, 5) is 0. The smallest absolute Gasteiger partial charge is 0.0840 e. The fraction of sp³-hybridized carbons (Fsp3) is 1.00. The number of nitrogens with zero attached hydrogens (tertiary/aromatic N) is 1. The summed E-state index contributed by atoms with van der Waals surface area (Å²) in [6.07, 6.45) is 3.75. The number of hydrogen-bond acceptors (Lipinski definition) is 2. The molecule has 3 heteroatoms. The lowest BCUT2D eigenvalue weighted by molar-refractivity contribution is -0.0644. The third-order valence-corrected chi connectivity index (χ3v) is 1.61. The molecular formula is C5H10ClNO. The SMILES string of the molecule is ClON1CCCCC1. The van der Waals surface area contributed by atoms with Gasteiger partial charge in [0.25, 0.3) is 0 Å². The van der Waals surface area contributed by atoms with Crippen molar-refractivity contribution in [3.63, 3.8) is 0 Å². The van der Waals surface area contributed by atoms with Crippen LogP contribution in [0.4, 0.5) is 0 Å². The zero-order chi connectivity index (χ0) is 5.82. The van der Waals surface area contributed by atoms with Gasteiger partial charge in [-0.15, -0.1) is 0 Å². The van der Waals surface area contributed by atoms with Gasteiger partial charge in [0.1, 0.15) is 0 Å². The van der Waals surface area contributed by atoms with Gasteiger partial charge in [0, 0.05) is 13.1 Å². The molecule has 0 amide bonds. The molecule has 0 unspecified atom stereocenters. The van der Waals surface area contributed by atoms with Crippen molar-refractivity contribution in [2.75, 3.05) is 13.1 Å². The molecule has 0 spiro atoms. The topological polar surface area (TPSA) is 12.5 Å².